The van der Waals surface area contributed by atoms with Gasteiger partial charge in [-0.05, 0) is 68.9 Å². The second-order valence-corrected chi connectivity index (χ2v) is 11.8. The number of carbonyl (C=O) groups is 2. The highest BCUT2D eigenvalue weighted by Crippen LogP contribution is 2.25. The monoisotopic (exact) mass is 570 g/mol. The van der Waals surface area contributed by atoms with E-state index in [9.17, 15) is 24.9 Å². The van der Waals surface area contributed by atoms with Crippen LogP contribution in [0.2, 0.25) is 0 Å². The van der Waals surface area contributed by atoms with Crippen molar-refractivity contribution in [1.29, 1.82) is 0 Å². The minimum absolute atomic E-state index is 0.106. The molecule has 6 atom stereocenters. The number of rotatable bonds is 10. The summed E-state index contributed by atoms with van der Waals surface area (Å²) in [6.07, 6.45) is 18.5. The molecular formula is C34H50O7. The Kier molecular flexibility index (Phi) is 15.1. The van der Waals surface area contributed by atoms with Crippen molar-refractivity contribution in [3.63, 3.8) is 0 Å². The van der Waals surface area contributed by atoms with E-state index in [1.807, 2.05) is 31.2 Å². The molecule has 2 aliphatic rings. The number of ether oxygens (including phenoxy) is 2. The maximum absolute atomic E-state index is 12.7. The zero-order valence-corrected chi connectivity index (χ0v) is 25.4. The minimum Gasteiger partial charge on any atom is -0.462 e. The van der Waals surface area contributed by atoms with Gasteiger partial charge in [0, 0.05) is 25.3 Å². The first-order valence-electron chi connectivity index (χ1n) is 15.0. The zero-order chi connectivity index (χ0) is 30.4. The van der Waals surface area contributed by atoms with Gasteiger partial charge in [-0.3, -0.25) is 4.79 Å². The summed E-state index contributed by atoms with van der Waals surface area (Å²) in [5.41, 5.74) is 2.97. The lowest BCUT2D eigenvalue weighted by atomic mass is 9.94. The molecule has 0 aromatic heterocycles. The number of esters is 2. The zero-order valence-electron chi connectivity index (χ0n) is 25.4. The molecule has 0 fully saturated rings. The van der Waals surface area contributed by atoms with E-state index in [1.165, 1.54) is 6.08 Å². The van der Waals surface area contributed by atoms with Crippen LogP contribution in [0.3, 0.4) is 0 Å². The van der Waals surface area contributed by atoms with Gasteiger partial charge in [-0.2, -0.15) is 0 Å². The van der Waals surface area contributed by atoms with Crippen molar-refractivity contribution in [2.24, 2.45) is 11.8 Å². The number of hydrogen-bond acceptors (Lipinski definition) is 7. The molecule has 0 saturated heterocycles. The maximum atomic E-state index is 12.7. The summed E-state index contributed by atoms with van der Waals surface area (Å²) in [5.74, 6) is -0.172. The molecule has 1 aliphatic carbocycles. The highest BCUT2D eigenvalue weighted by atomic mass is 16.5. The van der Waals surface area contributed by atoms with Gasteiger partial charge in [0.05, 0.1) is 18.3 Å². The molecule has 7 heteroatoms. The van der Waals surface area contributed by atoms with E-state index in [4.69, 9.17) is 9.47 Å². The fraction of sp³-hybridized carbons (Fsp3) is 0.588. The van der Waals surface area contributed by atoms with Crippen LogP contribution < -0.4 is 0 Å². The van der Waals surface area contributed by atoms with Crippen LogP contribution in [0.5, 0.6) is 0 Å². The molecule has 1 heterocycles. The molecule has 3 N–H and O–H groups in total. The van der Waals surface area contributed by atoms with E-state index in [1.54, 1.807) is 19.1 Å². The smallest absolute Gasteiger partial charge is 0.331 e. The number of aliphatic hydroxyl groups is 3. The van der Waals surface area contributed by atoms with Crippen molar-refractivity contribution >= 4 is 11.9 Å². The molecule has 0 spiro atoms. The molecule has 0 aromatic rings. The number of cyclic esters (lactones) is 1. The standard InChI is InChI=1S/C34H50O7/c1-23(2)31-13-7-6-11-25(4)32(14-9-15-33(38)40-31)41-34(39)19-18-28-17-16-27(22-28)12-8-10-24(3)20-29(36)30(37)21-26(5)35/h6-8,10,12,18-20,22-23,25-26,29-32,35-37H,9,11,13-17,21H2,1-5H3. The lowest BCUT2D eigenvalue weighted by Gasteiger charge is -2.24. The first kappa shape index (κ1) is 34.5. The molecule has 41 heavy (non-hydrogen) atoms. The highest BCUT2D eigenvalue weighted by molar-refractivity contribution is 5.82. The van der Waals surface area contributed by atoms with Crippen LogP contribution in [0, 0.1) is 11.8 Å². The SMILES string of the molecule is CC(C=CC=C1C=C(C=CC(=O)OC2CCCC(=O)OC(C(C)C)CC=CCC2C)CC1)=CC(O)C(O)CC(C)O. The summed E-state index contributed by atoms with van der Waals surface area (Å²) < 4.78 is 11.5. The average Bonchev–Trinajstić information content (AvgIpc) is 3.34. The average molecular weight is 571 g/mol. The third-order valence-corrected chi connectivity index (χ3v) is 7.43. The van der Waals surface area contributed by atoms with Crippen LogP contribution in [0.1, 0.15) is 86.0 Å². The topological polar surface area (TPSA) is 113 Å². The first-order valence-corrected chi connectivity index (χ1v) is 15.0. The van der Waals surface area contributed by atoms with Gasteiger partial charge in [-0.25, -0.2) is 4.79 Å². The molecule has 0 bridgehead atoms. The summed E-state index contributed by atoms with van der Waals surface area (Å²) in [4.78, 5) is 25.0. The number of allylic oxidation sites excluding steroid dienone is 9. The summed E-state index contributed by atoms with van der Waals surface area (Å²) in [7, 11) is 0. The van der Waals surface area contributed by atoms with Crippen molar-refractivity contribution in [3.8, 4) is 0 Å². The third-order valence-electron chi connectivity index (χ3n) is 7.43. The van der Waals surface area contributed by atoms with Crippen LogP contribution in [0.4, 0.5) is 0 Å². The van der Waals surface area contributed by atoms with E-state index in [2.05, 4.69) is 32.9 Å². The summed E-state index contributed by atoms with van der Waals surface area (Å²) in [6, 6.07) is 0. The Labute approximate surface area is 246 Å². The molecule has 0 amide bonds. The molecule has 1 aliphatic heterocycles. The van der Waals surface area contributed by atoms with Crippen molar-refractivity contribution in [1.82, 2.24) is 0 Å². The molecule has 6 unspecified atom stereocenters. The van der Waals surface area contributed by atoms with E-state index < -0.39 is 18.3 Å². The molecule has 0 aromatic carbocycles. The summed E-state index contributed by atoms with van der Waals surface area (Å²) in [5, 5.41) is 29.3. The van der Waals surface area contributed by atoms with E-state index in [0.29, 0.717) is 25.7 Å². The second kappa shape index (κ2) is 17.9. The van der Waals surface area contributed by atoms with Gasteiger partial charge in [0.25, 0.3) is 0 Å². The molecule has 0 saturated carbocycles. The predicted octanol–water partition coefficient (Wildman–Crippen LogP) is 5.82. The third kappa shape index (κ3) is 13.6. The van der Waals surface area contributed by atoms with E-state index in [-0.39, 0.29) is 42.4 Å². The van der Waals surface area contributed by atoms with Gasteiger partial charge in [0.1, 0.15) is 12.2 Å². The number of aliphatic hydroxyl groups excluding tert-OH is 3. The van der Waals surface area contributed by atoms with Crippen molar-refractivity contribution in [2.75, 3.05) is 0 Å². The predicted molar refractivity (Wildman–Crippen MR) is 162 cm³/mol. The van der Waals surface area contributed by atoms with Crippen molar-refractivity contribution in [2.45, 2.75) is 117 Å². The van der Waals surface area contributed by atoms with Gasteiger partial charge in [0.2, 0.25) is 0 Å². The molecule has 0 radical (unpaired) electrons. The number of hydrogen-bond donors (Lipinski definition) is 3. The lowest BCUT2D eigenvalue weighted by Crippen LogP contribution is -2.27. The van der Waals surface area contributed by atoms with Gasteiger partial charge < -0.3 is 24.8 Å². The van der Waals surface area contributed by atoms with E-state index in [0.717, 1.165) is 36.0 Å². The van der Waals surface area contributed by atoms with E-state index >= 15 is 0 Å². The fourth-order valence-electron chi connectivity index (χ4n) is 4.83. The quantitative estimate of drug-likeness (QED) is 0.131. The van der Waals surface area contributed by atoms with Crippen LogP contribution >= 0.6 is 0 Å². The van der Waals surface area contributed by atoms with Gasteiger partial charge in [-0.1, -0.05) is 75.0 Å². The highest BCUT2D eigenvalue weighted by Gasteiger charge is 2.23. The summed E-state index contributed by atoms with van der Waals surface area (Å²) in [6.45, 7) is 9.61. The first-order chi connectivity index (χ1) is 19.4. The van der Waals surface area contributed by atoms with Crippen LogP contribution in [0.25, 0.3) is 0 Å². The maximum Gasteiger partial charge on any atom is 0.331 e. The Morgan fingerprint density at radius 3 is 2.54 bits per heavy atom. The Balaban J connectivity index is 1.92. The van der Waals surface area contributed by atoms with Gasteiger partial charge >= 0.3 is 11.9 Å². The number of carbonyl (C=O) groups excluding carboxylic acids is 2. The largest absolute Gasteiger partial charge is 0.462 e. The van der Waals surface area contributed by atoms with Crippen LogP contribution in [-0.4, -0.2) is 57.8 Å². The Hall–Kier alpha value is -2.74. The minimum atomic E-state index is -1.04. The van der Waals surface area contributed by atoms with Gasteiger partial charge in [-0.15, -0.1) is 0 Å². The molecule has 2 rings (SSSR count). The molecular weight excluding hydrogens is 520 g/mol. The Morgan fingerprint density at radius 1 is 1.10 bits per heavy atom. The summed E-state index contributed by atoms with van der Waals surface area (Å²) >= 11 is 0. The Bertz CT molecular complexity index is 1030. The second-order valence-electron chi connectivity index (χ2n) is 11.8. The fourth-order valence-corrected chi connectivity index (χ4v) is 4.83. The van der Waals surface area contributed by atoms with Crippen molar-refractivity contribution < 1.29 is 34.4 Å². The van der Waals surface area contributed by atoms with Crippen LogP contribution in [-0.2, 0) is 19.1 Å². The van der Waals surface area contributed by atoms with Crippen LogP contribution in [0.15, 0.2) is 71.4 Å². The van der Waals surface area contributed by atoms with Crippen molar-refractivity contribution in [3.05, 3.63) is 71.4 Å². The Morgan fingerprint density at radius 2 is 1.83 bits per heavy atom. The van der Waals surface area contributed by atoms with Gasteiger partial charge in [0.15, 0.2) is 0 Å². The normalized spacial score (nSPS) is 26.5. The molecule has 228 valence electrons. The molecule has 7 nitrogen and oxygen atoms in total. The lowest BCUT2D eigenvalue weighted by molar-refractivity contribution is -0.151.